The number of rotatable bonds is 3. The maximum Gasteiger partial charge on any atom is 0.315 e. The van der Waals surface area contributed by atoms with Crippen molar-refractivity contribution in [1.82, 2.24) is 10.2 Å². The molecular weight excluding hydrogens is 214 g/mol. The molecule has 1 heterocycles. The normalized spacial score (nSPS) is 20.1. The van der Waals surface area contributed by atoms with Crippen molar-refractivity contribution >= 4 is 17.6 Å². The summed E-state index contributed by atoms with van der Waals surface area (Å²) in [5, 5.41) is 10.8. The second-order valence-corrected chi connectivity index (χ2v) is 4.70. The Balaban J connectivity index is 1.91. The predicted molar refractivity (Wildman–Crippen MR) is 59.1 cm³/mol. The van der Waals surface area contributed by atoms with Crippen LogP contribution in [0.15, 0.2) is 4.42 Å². The van der Waals surface area contributed by atoms with E-state index >= 15 is 0 Å². The lowest BCUT2D eigenvalue weighted by atomic mass is 9.96. The first-order valence-corrected chi connectivity index (χ1v) is 5.93. The van der Waals surface area contributed by atoms with Gasteiger partial charge in [-0.15, -0.1) is 16.7 Å². The number of halogens is 1. The standard InChI is InChI=1S/C10H16ClN3O/c1-7(11)9-13-14-10(15-9)12-8-5-3-2-4-6-8/h7-8H,2-6H2,1H3,(H,12,14). The molecule has 1 aromatic heterocycles. The van der Waals surface area contributed by atoms with Crippen molar-refractivity contribution in [3.8, 4) is 0 Å². The molecule has 0 spiro atoms. The molecule has 1 aliphatic carbocycles. The molecule has 0 bridgehead atoms. The number of alkyl halides is 1. The Morgan fingerprint density at radius 2 is 2.07 bits per heavy atom. The number of nitrogens with zero attached hydrogens (tertiary/aromatic N) is 2. The molecular formula is C10H16ClN3O. The summed E-state index contributed by atoms with van der Waals surface area (Å²) in [5.41, 5.74) is 0. The van der Waals surface area contributed by atoms with Gasteiger partial charge in [0.25, 0.3) is 0 Å². The minimum atomic E-state index is -0.223. The highest BCUT2D eigenvalue weighted by Gasteiger charge is 2.17. The van der Waals surface area contributed by atoms with E-state index in [1.165, 1.54) is 32.1 Å². The van der Waals surface area contributed by atoms with Crippen LogP contribution in [-0.2, 0) is 0 Å². The number of nitrogens with one attached hydrogen (secondary N) is 1. The number of aromatic nitrogens is 2. The molecule has 1 atom stereocenters. The van der Waals surface area contributed by atoms with Gasteiger partial charge < -0.3 is 9.73 Å². The van der Waals surface area contributed by atoms with E-state index in [9.17, 15) is 0 Å². The lowest BCUT2D eigenvalue weighted by Crippen LogP contribution is -2.22. The zero-order valence-electron chi connectivity index (χ0n) is 8.87. The van der Waals surface area contributed by atoms with Gasteiger partial charge >= 0.3 is 6.01 Å². The Hall–Kier alpha value is -0.770. The summed E-state index contributed by atoms with van der Waals surface area (Å²) in [5.74, 6) is 0.481. The highest BCUT2D eigenvalue weighted by atomic mass is 35.5. The summed E-state index contributed by atoms with van der Waals surface area (Å²) in [6.07, 6.45) is 6.28. The van der Waals surface area contributed by atoms with Gasteiger partial charge in [-0.1, -0.05) is 24.4 Å². The maximum absolute atomic E-state index is 5.84. The molecule has 84 valence electrons. The van der Waals surface area contributed by atoms with Crippen LogP contribution in [0.3, 0.4) is 0 Å². The molecule has 1 saturated carbocycles. The molecule has 0 saturated heterocycles. The van der Waals surface area contributed by atoms with E-state index in [1.54, 1.807) is 0 Å². The lowest BCUT2D eigenvalue weighted by Gasteiger charge is -2.21. The van der Waals surface area contributed by atoms with E-state index < -0.39 is 0 Å². The summed E-state index contributed by atoms with van der Waals surface area (Å²) < 4.78 is 5.38. The molecule has 1 aliphatic rings. The van der Waals surface area contributed by atoms with Crippen LogP contribution < -0.4 is 5.32 Å². The number of hydrogen-bond donors (Lipinski definition) is 1. The van der Waals surface area contributed by atoms with E-state index in [1.807, 2.05) is 6.92 Å². The highest BCUT2D eigenvalue weighted by Crippen LogP contribution is 2.23. The van der Waals surface area contributed by atoms with Crippen LogP contribution in [0.4, 0.5) is 6.01 Å². The smallest absolute Gasteiger partial charge is 0.315 e. The Morgan fingerprint density at radius 1 is 1.33 bits per heavy atom. The van der Waals surface area contributed by atoms with Crippen LogP contribution in [0, 0.1) is 0 Å². The Kier molecular flexibility index (Phi) is 3.46. The first-order valence-electron chi connectivity index (χ1n) is 5.49. The number of anilines is 1. The third kappa shape index (κ3) is 2.84. The second kappa shape index (κ2) is 4.84. The molecule has 0 aromatic carbocycles. The van der Waals surface area contributed by atoms with Crippen LogP contribution in [0.2, 0.25) is 0 Å². The first-order chi connectivity index (χ1) is 7.25. The monoisotopic (exact) mass is 229 g/mol. The van der Waals surface area contributed by atoms with Crippen LogP contribution in [-0.4, -0.2) is 16.2 Å². The fourth-order valence-corrected chi connectivity index (χ4v) is 1.96. The molecule has 1 unspecified atom stereocenters. The Morgan fingerprint density at radius 3 is 2.67 bits per heavy atom. The van der Waals surface area contributed by atoms with Crippen molar-refractivity contribution in [1.29, 1.82) is 0 Å². The van der Waals surface area contributed by atoms with Crippen molar-refractivity contribution < 1.29 is 4.42 Å². The van der Waals surface area contributed by atoms with E-state index in [-0.39, 0.29) is 5.38 Å². The van der Waals surface area contributed by atoms with Gasteiger partial charge in [0.2, 0.25) is 5.89 Å². The number of hydrogen-bond acceptors (Lipinski definition) is 4. The summed E-state index contributed by atoms with van der Waals surface area (Å²) >= 11 is 5.84. The molecule has 4 nitrogen and oxygen atoms in total. The third-order valence-electron chi connectivity index (χ3n) is 2.71. The van der Waals surface area contributed by atoms with Crippen molar-refractivity contribution in [2.75, 3.05) is 5.32 Å². The van der Waals surface area contributed by atoms with Gasteiger partial charge in [-0.3, -0.25) is 0 Å². The average molecular weight is 230 g/mol. The molecule has 15 heavy (non-hydrogen) atoms. The van der Waals surface area contributed by atoms with Crippen LogP contribution in [0.5, 0.6) is 0 Å². The van der Waals surface area contributed by atoms with Gasteiger partial charge in [-0.05, 0) is 19.8 Å². The Labute approximate surface area is 94.4 Å². The Bertz CT molecular complexity index is 307. The molecule has 5 heteroatoms. The minimum Gasteiger partial charge on any atom is -0.406 e. The fraction of sp³-hybridized carbons (Fsp3) is 0.800. The van der Waals surface area contributed by atoms with Crippen molar-refractivity contribution in [2.45, 2.75) is 50.4 Å². The minimum absolute atomic E-state index is 0.223. The van der Waals surface area contributed by atoms with Crippen LogP contribution >= 0.6 is 11.6 Å². The maximum atomic E-state index is 5.84. The zero-order chi connectivity index (χ0) is 10.7. The molecule has 0 amide bonds. The van der Waals surface area contributed by atoms with Gasteiger partial charge in [0, 0.05) is 6.04 Å². The summed E-state index contributed by atoms with van der Waals surface area (Å²) in [6, 6.07) is 0.988. The summed E-state index contributed by atoms with van der Waals surface area (Å²) in [7, 11) is 0. The van der Waals surface area contributed by atoms with Gasteiger partial charge in [-0.25, -0.2) is 0 Å². The van der Waals surface area contributed by atoms with Crippen LogP contribution in [0.1, 0.15) is 50.3 Å². The van der Waals surface area contributed by atoms with Crippen LogP contribution in [0.25, 0.3) is 0 Å². The molecule has 1 fully saturated rings. The van der Waals surface area contributed by atoms with E-state index in [2.05, 4.69) is 15.5 Å². The van der Waals surface area contributed by atoms with E-state index in [4.69, 9.17) is 16.0 Å². The van der Waals surface area contributed by atoms with Crippen molar-refractivity contribution in [3.05, 3.63) is 5.89 Å². The quantitative estimate of drug-likeness (QED) is 0.810. The summed E-state index contributed by atoms with van der Waals surface area (Å²) in [4.78, 5) is 0. The molecule has 1 aromatic rings. The topological polar surface area (TPSA) is 51.0 Å². The highest BCUT2D eigenvalue weighted by molar-refractivity contribution is 6.20. The first kappa shape index (κ1) is 10.7. The SMILES string of the molecule is CC(Cl)c1nnc(NC2CCCCC2)o1. The average Bonchev–Trinajstić information content (AvgIpc) is 2.68. The fourth-order valence-electron chi connectivity index (χ4n) is 1.88. The summed E-state index contributed by atoms with van der Waals surface area (Å²) in [6.45, 7) is 1.82. The largest absolute Gasteiger partial charge is 0.406 e. The zero-order valence-corrected chi connectivity index (χ0v) is 9.63. The van der Waals surface area contributed by atoms with Gasteiger partial charge in [0.1, 0.15) is 5.38 Å². The third-order valence-corrected chi connectivity index (χ3v) is 2.90. The van der Waals surface area contributed by atoms with Gasteiger partial charge in [0.05, 0.1) is 0 Å². The van der Waals surface area contributed by atoms with Gasteiger partial charge in [0.15, 0.2) is 0 Å². The van der Waals surface area contributed by atoms with Crippen molar-refractivity contribution in [3.63, 3.8) is 0 Å². The van der Waals surface area contributed by atoms with Gasteiger partial charge in [-0.2, -0.15) is 0 Å². The van der Waals surface area contributed by atoms with E-state index in [0.717, 1.165) is 0 Å². The van der Waals surface area contributed by atoms with Crippen molar-refractivity contribution in [2.24, 2.45) is 0 Å². The molecule has 2 rings (SSSR count). The molecule has 0 aliphatic heterocycles. The lowest BCUT2D eigenvalue weighted by molar-refractivity contribution is 0.441. The molecule has 1 N–H and O–H groups in total. The second-order valence-electron chi connectivity index (χ2n) is 4.04. The van der Waals surface area contributed by atoms with E-state index in [0.29, 0.717) is 17.9 Å². The molecule has 0 radical (unpaired) electrons. The predicted octanol–water partition coefficient (Wildman–Crippen LogP) is 3.11.